The van der Waals surface area contributed by atoms with Crippen molar-refractivity contribution >= 4 is 23.3 Å². The Balaban J connectivity index is 1.81. The Labute approximate surface area is 105 Å². The molecule has 0 bridgehead atoms. The first kappa shape index (κ1) is 11.7. The smallest absolute Gasteiger partial charge is 0.169 e. The van der Waals surface area contributed by atoms with Gasteiger partial charge in [-0.3, -0.25) is 9.79 Å². The summed E-state index contributed by atoms with van der Waals surface area (Å²) in [5.41, 5.74) is 1.94. The number of rotatable bonds is 5. The Morgan fingerprint density at radius 1 is 1.24 bits per heavy atom. The van der Waals surface area contributed by atoms with Crippen LogP contribution in [0, 0.1) is 0 Å². The van der Waals surface area contributed by atoms with Gasteiger partial charge < -0.3 is 0 Å². The lowest BCUT2D eigenvalue weighted by atomic mass is 10.2. The number of Topliss-reactive ketones (excluding diaryl/α,β-unsaturated/α-hetero) is 1. The maximum atomic E-state index is 11.6. The molecule has 1 aromatic carbocycles. The second kappa shape index (κ2) is 6.11. The van der Waals surface area contributed by atoms with E-state index in [1.165, 1.54) is 11.3 Å². The molecule has 2 rings (SSSR count). The minimum Gasteiger partial charge on any atom is -0.294 e. The number of thiophene rings is 1. The van der Waals surface area contributed by atoms with Crippen LogP contribution in [0.5, 0.6) is 0 Å². The van der Waals surface area contributed by atoms with E-state index in [1.807, 2.05) is 47.2 Å². The Kier molecular flexibility index (Phi) is 4.22. The minimum absolute atomic E-state index is 0.128. The average molecular weight is 243 g/mol. The van der Waals surface area contributed by atoms with Crippen molar-refractivity contribution in [1.29, 1.82) is 0 Å². The van der Waals surface area contributed by atoms with Crippen LogP contribution in [0.25, 0.3) is 0 Å². The maximum absolute atomic E-state index is 11.6. The molecule has 0 spiro atoms. The van der Waals surface area contributed by atoms with Crippen molar-refractivity contribution in [3.05, 3.63) is 58.3 Å². The van der Waals surface area contributed by atoms with Gasteiger partial charge in [0, 0.05) is 23.6 Å². The molecule has 17 heavy (non-hydrogen) atoms. The third-order valence-electron chi connectivity index (χ3n) is 2.37. The lowest BCUT2D eigenvalue weighted by Gasteiger charge is -1.94. The molecule has 0 amide bonds. The number of carbonyl (C=O) groups is 1. The Bertz CT molecular complexity index is 488. The second-order valence-electron chi connectivity index (χ2n) is 3.65. The molecule has 0 saturated heterocycles. The van der Waals surface area contributed by atoms with Gasteiger partial charge in [-0.2, -0.15) is 11.3 Å². The van der Waals surface area contributed by atoms with Crippen LogP contribution in [-0.4, -0.2) is 12.0 Å². The zero-order valence-corrected chi connectivity index (χ0v) is 10.2. The van der Waals surface area contributed by atoms with Crippen LogP contribution in [0.2, 0.25) is 0 Å². The van der Waals surface area contributed by atoms with Crippen LogP contribution in [-0.2, 0) is 6.54 Å². The van der Waals surface area contributed by atoms with Crippen LogP contribution in [0.3, 0.4) is 0 Å². The third kappa shape index (κ3) is 3.64. The Morgan fingerprint density at radius 3 is 2.76 bits per heavy atom. The fourth-order valence-electron chi connectivity index (χ4n) is 1.44. The highest BCUT2D eigenvalue weighted by Crippen LogP contribution is 2.08. The molecule has 0 saturated carbocycles. The standard InChI is InChI=1S/C14H13NOS/c16-14(13-7-9-17-11-13)6-8-15-10-12-4-2-1-3-5-12/h1-5,7-9,11H,6,10H2. The van der Waals surface area contributed by atoms with E-state index in [2.05, 4.69) is 4.99 Å². The summed E-state index contributed by atoms with van der Waals surface area (Å²) in [5, 5.41) is 3.78. The molecule has 0 aliphatic heterocycles. The number of hydrogen-bond acceptors (Lipinski definition) is 3. The molecule has 0 N–H and O–H groups in total. The van der Waals surface area contributed by atoms with Gasteiger partial charge in [0.25, 0.3) is 0 Å². The molecule has 0 aliphatic rings. The first-order chi connectivity index (χ1) is 8.36. The quantitative estimate of drug-likeness (QED) is 0.583. The lowest BCUT2D eigenvalue weighted by molar-refractivity contribution is 0.100. The van der Waals surface area contributed by atoms with Gasteiger partial charge in [0.15, 0.2) is 5.78 Å². The molecule has 0 unspecified atom stereocenters. The Morgan fingerprint density at radius 2 is 2.06 bits per heavy atom. The van der Waals surface area contributed by atoms with Gasteiger partial charge in [0.2, 0.25) is 0 Å². The molecule has 0 fully saturated rings. The van der Waals surface area contributed by atoms with Gasteiger partial charge in [0.1, 0.15) is 0 Å². The fourth-order valence-corrected chi connectivity index (χ4v) is 2.10. The van der Waals surface area contributed by atoms with Crippen molar-refractivity contribution in [3.63, 3.8) is 0 Å². The van der Waals surface area contributed by atoms with Crippen molar-refractivity contribution in [3.8, 4) is 0 Å². The van der Waals surface area contributed by atoms with E-state index in [0.29, 0.717) is 13.0 Å². The van der Waals surface area contributed by atoms with Crippen molar-refractivity contribution in [2.24, 2.45) is 4.99 Å². The molecule has 3 heteroatoms. The summed E-state index contributed by atoms with van der Waals surface area (Å²) in [6.45, 7) is 0.637. The number of hydrogen-bond donors (Lipinski definition) is 0. The molecule has 0 atom stereocenters. The summed E-state index contributed by atoms with van der Waals surface area (Å²) in [5.74, 6) is 0.128. The summed E-state index contributed by atoms with van der Waals surface area (Å²) in [4.78, 5) is 15.9. The summed E-state index contributed by atoms with van der Waals surface area (Å²) in [6, 6.07) is 11.9. The van der Waals surface area contributed by atoms with Gasteiger partial charge in [-0.1, -0.05) is 30.3 Å². The molecular weight excluding hydrogens is 230 g/mol. The minimum atomic E-state index is 0.128. The van der Waals surface area contributed by atoms with Crippen molar-refractivity contribution in [2.45, 2.75) is 13.0 Å². The van der Waals surface area contributed by atoms with Crippen LogP contribution in [0.1, 0.15) is 22.3 Å². The van der Waals surface area contributed by atoms with Crippen LogP contribution >= 0.6 is 11.3 Å². The van der Waals surface area contributed by atoms with E-state index in [9.17, 15) is 4.79 Å². The molecule has 0 aliphatic carbocycles. The van der Waals surface area contributed by atoms with Gasteiger partial charge in [-0.05, 0) is 17.0 Å². The predicted molar refractivity (Wildman–Crippen MR) is 71.9 cm³/mol. The van der Waals surface area contributed by atoms with E-state index < -0.39 is 0 Å². The highest BCUT2D eigenvalue weighted by molar-refractivity contribution is 7.08. The molecular formula is C14H13NOS. The first-order valence-electron chi connectivity index (χ1n) is 5.44. The molecule has 2 nitrogen and oxygen atoms in total. The zero-order valence-electron chi connectivity index (χ0n) is 9.37. The number of ketones is 1. The summed E-state index contributed by atoms with van der Waals surface area (Å²) in [7, 11) is 0. The summed E-state index contributed by atoms with van der Waals surface area (Å²) < 4.78 is 0. The number of carbonyl (C=O) groups excluding carboxylic acids is 1. The second-order valence-corrected chi connectivity index (χ2v) is 4.43. The molecule has 1 heterocycles. The van der Waals surface area contributed by atoms with E-state index in [-0.39, 0.29) is 5.78 Å². The molecule has 0 radical (unpaired) electrons. The predicted octanol–water partition coefficient (Wildman–Crippen LogP) is 3.59. The molecule has 1 aromatic heterocycles. The van der Waals surface area contributed by atoms with E-state index in [1.54, 1.807) is 6.21 Å². The zero-order chi connectivity index (χ0) is 11.9. The van der Waals surface area contributed by atoms with Crippen molar-refractivity contribution < 1.29 is 4.79 Å². The van der Waals surface area contributed by atoms with E-state index in [0.717, 1.165) is 11.1 Å². The number of aliphatic imine (C=N–C) groups is 1. The third-order valence-corrected chi connectivity index (χ3v) is 3.05. The summed E-state index contributed by atoms with van der Waals surface area (Å²) >= 11 is 1.54. The highest BCUT2D eigenvalue weighted by Gasteiger charge is 2.02. The van der Waals surface area contributed by atoms with Gasteiger partial charge in [-0.15, -0.1) is 0 Å². The normalized spacial score (nSPS) is 10.8. The first-order valence-corrected chi connectivity index (χ1v) is 6.38. The fraction of sp³-hybridized carbons (Fsp3) is 0.143. The van der Waals surface area contributed by atoms with Gasteiger partial charge in [0.05, 0.1) is 6.54 Å². The highest BCUT2D eigenvalue weighted by atomic mass is 32.1. The van der Waals surface area contributed by atoms with E-state index in [4.69, 9.17) is 0 Å². The number of nitrogens with zero attached hydrogens (tertiary/aromatic N) is 1. The van der Waals surface area contributed by atoms with Crippen LogP contribution < -0.4 is 0 Å². The topological polar surface area (TPSA) is 29.4 Å². The summed E-state index contributed by atoms with van der Waals surface area (Å²) in [6.07, 6.45) is 2.08. The van der Waals surface area contributed by atoms with Crippen LogP contribution in [0.15, 0.2) is 52.2 Å². The van der Waals surface area contributed by atoms with Crippen molar-refractivity contribution in [2.75, 3.05) is 0 Å². The van der Waals surface area contributed by atoms with Gasteiger partial charge >= 0.3 is 0 Å². The molecule has 86 valence electrons. The largest absolute Gasteiger partial charge is 0.294 e. The maximum Gasteiger partial charge on any atom is 0.169 e. The monoisotopic (exact) mass is 243 g/mol. The lowest BCUT2D eigenvalue weighted by Crippen LogP contribution is -1.97. The number of benzene rings is 1. The SMILES string of the molecule is O=C(CC=NCc1ccccc1)c1ccsc1. The van der Waals surface area contributed by atoms with Gasteiger partial charge in [-0.25, -0.2) is 0 Å². The average Bonchev–Trinajstić information content (AvgIpc) is 2.89. The Hall–Kier alpha value is -1.74. The van der Waals surface area contributed by atoms with Crippen molar-refractivity contribution in [1.82, 2.24) is 0 Å². The van der Waals surface area contributed by atoms with Crippen LogP contribution in [0.4, 0.5) is 0 Å². The van der Waals surface area contributed by atoms with E-state index >= 15 is 0 Å². The molecule has 2 aromatic rings.